The average molecular weight is 308 g/mol. The molecule has 0 bridgehead atoms. The highest BCUT2D eigenvalue weighted by atomic mass is 35.5. The van der Waals surface area contributed by atoms with Crippen LogP contribution in [0.2, 0.25) is 5.02 Å². The Balaban J connectivity index is 1.98. The van der Waals surface area contributed by atoms with Crippen LogP contribution in [-0.2, 0) is 13.0 Å². The number of halogens is 1. The molecule has 0 fully saturated rings. The van der Waals surface area contributed by atoms with Gasteiger partial charge in [-0.3, -0.25) is 4.90 Å². The molecular weight excluding hydrogens is 286 g/mol. The van der Waals surface area contributed by atoms with Gasteiger partial charge in [-0.2, -0.15) is 4.98 Å². The Morgan fingerprint density at radius 2 is 1.86 bits per heavy atom. The summed E-state index contributed by atoms with van der Waals surface area (Å²) in [5.41, 5.74) is 1.21. The van der Waals surface area contributed by atoms with E-state index in [1.165, 1.54) is 5.56 Å². The molecule has 0 aliphatic carbocycles. The lowest BCUT2D eigenvalue weighted by Crippen LogP contribution is -2.22. The minimum Gasteiger partial charge on any atom is -0.338 e. The summed E-state index contributed by atoms with van der Waals surface area (Å²) in [6, 6.07) is 8.16. The first-order valence-corrected chi connectivity index (χ1v) is 7.60. The molecule has 0 aliphatic rings. The van der Waals surface area contributed by atoms with E-state index in [9.17, 15) is 0 Å². The molecule has 2 rings (SSSR count). The van der Waals surface area contributed by atoms with Crippen molar-refractivity contribution in [1.82, 2.24) is 15.0 Å². The van der Waals surface area contributed by atoms with Gasteiger partial charge in [0.25, 0.3) is 0 Å². The lowest BCUT2D eigenvalue weighted by atomic mass is 10.1. The van der Waals surface area contributed by atoms with E-state index in [4.69, 9.17) is 16.1 Å². The number of aromatic nitrogens is 2. The molecule has 0 saturated heterocycles. The molecule has 1 aromatic heterocycles. The molecule has 1 heterocycles. The summed E-state index contributed by atoms with van der Waals surface area (Å²) in [5.74, 6) is 1.97. The van der Waals surface area contributed by atoms with Crippen LogP contribution in [0.1, 0.15) is 44.1 Å². The molecule has 4 nitrogen and oxygen atoms in total. The van der Waals surface area contributed by atoms with Crippen molar-refractivity contribution in [3.05, 3.63) is 46.6 Å². The van der Waals surface area contributed by atoms with E-state index >= 15 is 0 Å². The first-order valence-electron chi connectivity index (χ1n) is 7.23. The second kappa shape index (κ2) is 7.05. The van der Waals surface area contributed by atoms with Crippen molar-refractivity contribution in [2.75, 3.05) is 7.05 Å². The van der Waals surface area contributed by atoms with Crippen molar-refractivity contribution in [2.45, 2.75) is 39.8 Å². The lowest BCUT2D eigenvalue weighted by Gasteiger charge is -2.23. The Morgan fingerprint density at radius 1 is 1.19 bits per heavy atom. The maximum atomic E-state index is 5.92. The maximum absolute atomic E-state index is 5.92. The van der Waals surface area contributed by atoms with Crippen molar-refractivity contribution in [3.63, 3.8) is 0 Å². The minimum absolute atomic E-state index is 0.253. The van der Waals surface area contributed by atoms with Gasteiger partial charge >= 0.3 is 0 Å². The molecule has 0 spiro atoms. The topological polar surface area (TPSA) is 42.2 Å². The lowest BCUT2D eigenvalue weighted by molar-refractivity contribution is 0.216. The quantitative estimate of drug-likeness (QED) is 0.805. The van der Waals surface area contributed by atoms with Gasteiger partial charge in [0.05, 0.1) is 6.54 Å². The van der Waals surface area contributed by atoms with Gasteiger partial charge in [0, 0.05) is 17.5 Å². The predicted octanol–water partition coefficient (Wildman–Crippen LogP) is 4.11. The highest BCUT2D eigenvalue weighted by Gasteiger charge is 2.16. The fourth-order valence-corrected chi connectivity index (χ4v) is 2.27. The van der Waals surface area contributed by atoms with Crippen LogP contribution >= 0.6 is 11.6 Å². The van der Waals surface area contributed by atoms with Gasteiger partial charge in [-0.25, -0.2) is 0 Å². The van der Waals surface area contributed by atoms with Gasteiger partial charge in [0.2, 0.25) is 5.89 Å². The van der Waals surface area contributed by atoms with E-state index in [1.807, 2.05) is 31.3 Å². The Labute approximate surface area is 131 Å². The van der Waals surface area contributed by atoms with E-state index < -0.39 is 0 Å². The molecule has 0 aliphatic heterocycles. The van der Waals surface area contributed by atoms with Crippen LogP contribution in [0.15, 0.2) is 28.8 Å². The molecule has 114 valence electrons. The minimum atomic E-state index is 0.253. The van der Waals surface area contributed by atoms with Crippen LogP contribution in [0, 0.1) is 5.92 Å². The van der Waals surface area contributed by atoms with Gasteiger partial charge in [-0.05, 0) is 37.6 Å². The third kappa shape index (κ3) is 4.55. The van der Waals surface area contributed by atoms with Crippen LogP contribution in [0.3, 0.4) is 0 Å². The molecule has 1 aromatic carbocycles. The number of hydrogen-bond acceptors (Lipinski definition) is 4. The van der Waals surface area contributed by atoms with Crippen LogP contribution in [0.5, 0.6) is 0 Å². The number of hydrogen-bond donors (Lipinski definition) is 0. The first kappa shape index (κ1) is 16.0. The van der Waals surface area contributed by atoms with Crippen LogP contribution in [-0.4, -0.2) is 22.1 Å². The average Bonchev–Trinajstić information content (AvgIpc) is 2.85. The zero-order valence-corrected chi connectivity index (χ0v) is 13.8. The van der Waals surface area contributed by atoms with Gasteiger partial charge in [-0.1, -0.05) is 42.7 Å². The highest BCUT2D eigenvalue weighted by Crippen LogP contribution is 2.22. The Hall–Kier alpha value is -1.39. The van der Waals surface area contributed by atoms with Crippen LogP contribution in [0.25, 0.3) is 0 Å². The van der Waals surface area contributed by atoms with Gasteiger partial charge in [0.15, 0.2) is 5.82 Å². The predicted molar refractivity (Wildman–Crippen MR) is 84.2 cm³/mol. The maximum Gasteiger partial charge on any atom is 0.240 e. The molecule has 0 N–H and O–H groups in total. The monoisotopic (exact) mass is 307 g/mol. The van der Waals surface area contributed by atoms with Gasteiger partial charge < -0.3 is 4.52 Å². The fraction of sp³-hybridized carbons (Fsp3) is 0.500. The summed E-state index contributed by atoms with van der Waals surface area (Å²) in [6.07, 6.45) is 0.847. The van der Waals surface area contributed by atoms with E-state index in [-0.39, 0.29) is 6.04 Å². The van der Waals surface area contributed by atoms with Crippen molar-refractivity contribution < 1.29 is 4.52 Å². The zero-order valence-electron chi connectivity index (χ0n) is 13.0. The molecule has 21 heavy (non-hydrogen) atoms. The second-order valence-electron chi connectivity index (χ2n) is 5.84. The molecule has 5 heteroatoms. The summed E-state index contributed by atoms with van der Waals surface area (Å²) in [4.78, 5) is 6.62. The number of benzene rings is 1. The Morgan fingerprint density at radius 3 is 2.48 bits per heavy atom. The van der Waals surface area contributed by atoms with Gasteiger partial charge in [0.1, 0.15) is 0 Å². The van der Waals surface area contributed by atoms with Crippen molar-refractivity contribution in [3.8, 4) is 0 Å². The molecule has 0 saturated carbocycles. The standard InChI is InChI=1S/C16H22ClN3O/c1-11(2)9-15-18-16(21-19-15)10-20(4)12(3)13-5-7-14(17)8-6-13/h5-8,11-12H,9-10H2,1-4H3. The van der Waals surface area contributed by atoms with E-state index in [0.29, 0.717) is 18.4 Å². The summed E-state index contributed by atoms with van der Waals surface area (Å²) in [6.45, 7) is 7.07. The third-order valence-electron chi connectivity index (χ3n) is 3.50. The second-order valence-corrected chi connectivity index (χ2v) is 6.28. The van der Waals surface area contributed by atoms with Crippen molar-refractivity contribution in [2.24, 2.45) is 5.92 Å². The zero-order chi connectivity index (χ0) is 15.4. The number of rotatable bonds is 6. The Kier molecular flexibility index (Phi) is 5.37. The molecular formula is C16H22ClN3O. The van der Waals surface area contributed by atoms with Crippen LogP contribution in [0.4, 0.5) is 0 Å². The molecule has 1 atom stereocenters. The van der Waals surface area contributed by atoms with E-state index in [0.717, 1.165) is 17.3 Å². The normalized spacial score (nSPS) is 13.1. The van der Waals surface area contributed by atoms with E-state index in [1.54, 1.807) is 0 Å². The molecule has 0 radical (unpaired) electrons. The fourth-order valence-electron chi connectivity index (χ4n) is 2.15. The summed E-state index contributed by atoms with van der Waals surface area (Å²) < 4.78 is 5.32. The highest BCUT2D eigenvalue weighted by molar-refractivity contribution is 6.30. The largest absolute Gasteiger partial charge is 0.338 e. The Bertz CT molecular complexity index is 565. The van der Waals surface area contributed by atoms with Gasteiger partial charge in [-0.15, -0.1) is 0 Å². The van der Waals surface area contributed by atoms with E-state index in [2.05, 4.69) is 35.8 Å². The number of nitrogens with zero attached hydrogens (tertiary/aromatic N) is 3. The summed E-state index contributed by atoms with van der Waals surface area (Å²) in [5, 5.41) is 4.78. The van der Waals surface area contributed by atoms with Crippen molar-refractivity contribution >= 4 is 11.6 Å². The summed E-state index contributed by atoms with van der Waals surface area (Å²) in [7, 11) is 2.05. The molecule has 1 unspecified atom stereocenters. The smallest absolute Gasteiger partial charge is 0.240 e. The molecule has 2 aromatic rings. The van der Waals surface area contributed by atoms with Crippen LogP contribution < -0.4 is 0 Å². The van der Waals surface area contributed by atoms with Crippen molar-refractivity contribution in [1.29, 1.82) is 0 Å². The molecule has 0 amide bonds. The summed E-state index contributed by atoms with van der Waals surface area (Å²) >= 11 is 5.92. The first-order chi connectivity index (χ1) is 9.95. The third-order valence-corrected chi connectivity index (χ3v) is 3.75. The SMILES string of the molecule is CC(C)Cc1noc(CN(C)C(C)c2ccc(Cl)cc2)n1.